The van der Waals surface area contributed by atoms with Crippen molar-refractivity contribution in [1.82, 2.24) is 14.5 Å². The summed E-state index contributed by atoms with van der Waals surface area (Å²) in [7, 11) is 0. The molecule has 1 fully saturated rings. The van der Waals surface area contributed by atoms with Gasteiger partial charge in [0.25, 0.3) is 0 Å². The quantitative estimate of drug-likeness (QED) is 0.171. The first-order valence-corrected chi connectivity index (χ1v) is 23.3. The lowest BCUT2D eigenvalue weighted by molar-refractivity contribution is -0.982. The number of para-hydroxylation sites is 2. The molecule has 0 amide bonds. The fraction of sp³-hybridized carbons (Fsp3) is 0.0645. The van der Waals surface area contributed by atoms with E-state index in [2.05, 4.69) is 239 Å². The molecule has 14 rings (SSSR count). The number of fused-ring (bicyclic) bond motifs is 10. The molecular weight excluding hydrogens is 801 g/mol. The van der Waals surface area contributed by atoms with Gasteiger partial charge in [-0.15, -0.1) is 0 Å². The van der Waals surface area contributed by atoms with Crippen LogP contribution in [0.15, 0.2) is 230 Å². The monoisotopic (exact) mass is 845 g/mol. The van der Waals surface area contributed by atoms with Crippen LogP contribution in [0, 0.1) is 0 Å². The minimum Gasteiger partial charge on any atom is -0.309 e. The summed E-state index contributed by atoms with van der Waals surface area (Å²) in [6.45, 7) is 0. The first kappa shape index (κ1) is 37.4. The molecule has 3 atom stereocenters. The van der Waals surface area contributed by atoms with Gasteiger partial charge in [-0.25, -0.2) is 5.32 Å². The van der Waals surface area contributed by atoms with Crippen molar-refractivity contribution in [2.75, 3.05) is 0 Å². The molecule has 0 spiro atoms. The zero-order valence-corrected chi connectivity index (χ0v) is 36.3. The molecule has 0 saturated carbocycles. The Morgan fingerprint density at radius 2 is 1.02 bits per heavy atom. The lowest BCUT2D eigenvalue weighted by Crippen LogP contribution is -3.21. The van der Waals surface area contributed by atoms with Gasteiger partial charge in [0, 0.05) is 49.3 Å². The van der Waals surface area contributed by atoms with E-state index in [-0.39, 0.29) is 12.3 Å². The van der Waals surface area contributed by atoms with E-state index >= 15 is 0 Å². The van der Waals surface area contributed by atoms with E-state index in [9.17, 15) is 0 Å². The minimum atomic E-state index is 0.0690. The molecule has 2 aromatic heterocycles. The van der Waals surface area contributed by atoms with E-state index in [0.717, 1.165) is 18.5 Å². The molecule has 3 unspecified atom stereocenters. The maximum atomic E-state index is 4.11. The topological polar surface area (TPSA) is 26.3 Å². The highest BCUT2D eigenvalue weighted by Gasteiger charge is 2.48. The molecule has 12 aromatic rings. The third kappa shape index (κ3) is 5.53. The summed E-state index contributed by atoms with van der Waals surface area (Å²) in [5.74, 6) is 0. The SMILES string of the molecule is C1=C(c2ccccc2)C([NH+]2C(c3ccc(-n4c5ccccc5c5c(-n6c7ccccc7c7c8ccccc8ccc76)c6ccccc6cc54)cc3)NC2c2cccc3ccccc23)=CCC1. The second kappa shape index (κ2) is 14.8. The normalized spacial score (nSPS) is 17.5. The van der Waals surface area contributed by atoms with Gasteiger partial charge in [0.05, 0.1) is 27.8 Å². The molecule has 0 radical (unpaired) electrons. The Morgan fingerprint density at radius 3 is 1.80 bits per heavy atom. The molecule has 1 aliphatic carbocycles. The molecule has 1 aliphatic heterocycles. The van der Waals surface area contributed by atoms with Crippen LogP contribution in [-0.4, -0.2) is 9.13 Å². The summed E-state index contributed by atoms with van der Waals surface area (Å²) in [5.41, 5.74) is 13.8. The third-order valence-corrected chi connectivity index (χ3v) is 14.6. The van der Waals surface area contributed by atoms with Crippen molar-refractivity contribution in [3.05, 3.63) is 247 Å². The van der Waals surface area contributed by atoms with Crippen molar-refractivity contribution in [3.63, 3.8) is 0 Å². The minimum absolute atomic E-state index is 0.0690. The summed E-state index contributed by atoms with van der Waals surface area (Å²) in [6, 6.07) is 78.6. The van der Waals surface area contributed by atoms with Gasteiger partial charge in [0.1, 0.15) is 5.70 Å². The van der Waals surface area contributed by atoms with E-state index < -0.39 is 0 Å². The summed E-state index contributed by atoms with van der Waals surface area (Å²) in [6.07, 6.45) is 7.21. The number of rotatable bonds is 6. The molecule has 4 heteroatoms. The molecule has 66 heavy (non-hydrogen) atoms. The van der Waals surface area contributed by atoms with Crippen molar-refractivity contribution < 1.29 is 4.90 Å². The number of aromatic nitrogens is 2. The van der Waals surface area contributed by atoms with Crippen LogP contribution in [0.25, 0.3) is 92.9 Å². The average Bonchev–Trinajstić information content (AvgIpc) is 3.89. The second-order valence-corrected chi connectivity index (χ2v) is 18.1. The maximum absolute atomic E-state index is 4.11. The largest absolute Gasteiger partial charge is 0.309 e. The number of nitrogens with zero attached hydrogens (tertiary/aromatic N) is 2. The van der Waals surface area contributed by atoms with Crippen LogP contribution in [0.4, 0.5) is 0 Å². The first-order chi connectivity index (χ1) is 32.8. The second-order valence-electron chi connectivity index (χ2n) is 18.1. The zero-order valence-electron chi connectivity index (χ0n) is 36.3. The summed E-state index contributed by atoms with van der Waals surface area (Å²) in [4.78, 5) is 1.45. The van der Waals surface area contributed by atoms with E-state index in [1.54, 1.807) is 0 Å². The van der Waals surface area contributed by atoms with Gasteiger partial charge in [-0.2, -0.15) is 0 Å². The maximum Gasteiger partial charge on any atom is 0.179 e. The van der Waals surface area contributed by atoms with Gasteiger partial charge >= 0.3 is 0 Å². The van der Waals surface area contributed by atoms with Crippen LogP contribution < -0.4 is 10.2 Å². The highest BCUT2D eigenvalue weighted by molar-refractivity contribution is 6.25. The molecule has 0 bridgehead atoms. The van der Waals surface area contributed by atoms with E-state index in [0.29, 0.717) is 0 Å². The smallest absolute Gasteiger partial charge is 0.179 e. The van der Waals surface area contributed by atoms with Gasteiger partial charge < -0.3 is 9.13 Å². The molecule has 3 heterocycles. The molecular formula is C62H45N4+. The standard InChI is InChI=1S/C62H44N4/c1-2-17-41(18-3-1)47-24-10-13-30-53(47)66-61(63-62(66)50-29-16-22-40-19-4-7-23-46(40)50)43-33-36-45(37-34-43)64-54-31-14-12-28-52(54)59-57(64)39-44-21-6-9-26-49(44)60(59)65-55-32-15-11-27-51(55)58-48-25-8-5-20-42(48)35-38-56(58)65/h1-9,11-12,14-39,61-63H,10,13H2/p+1. The van der Waals surface area contributed by atoms with Crippen LogP contribution in [0.3, 0.4) is 0 Å². The summed E-state index contributed by atoms with van der Waals surface area (Å²) >= 11 is 0. The van der Waals surface area contributed by atoms with E-state index in [1.807, 2.05) is 0 Å². The molecule has 2 N–H and O–H groups in total. The van der Waals surface area contributed by atoms with Gasteiger partial charge in [-0.05, 0) is 99.9 Å². The van der Waals surface area contributed by atoms with Gasteiger partial charge in [-0.1, -0.05) is 170 Å². The predicted octanol–water partition coefficient (Wildman–Crippen LogP) is 14.3. The van der Waals surface area contributed by atoms with Crippen LogP contribution in [0.5, 0.6) is 0 Å². The van der Waals surface area contributed by atoms with Crippen LogP contribution >= 0.6 is 0 Å². The number of quaternary nitrogens is 1. The van der Waals surface area contributed by atoms with Crippen molar-refractivity contribution in [2.24, 2.45) is 0 Å². The number of allylic oxidation sites excluding steroid dienone is 3. The van der Waals surface area contributed by atoms with Gasteiger partial charge in [0.15, 0.2) is 12.3 Å². The fourth-order valence-corrected chi connectivity index (χ4v) is 11.7. The number of hydrogen-bond acceptors (Lipinski definition) is 1. The van der Waals surface area contributed by atoms with E-state index in [4.69, 9.17) is 0 Å². The van der Waals surface area contributed by atoms with Crippen LogP contribution in [0.1, 0.15) is 41.9 Å². The van der Waals surface area contributed by atoms with Crippen molar-refractivity contribution in [3.8, 4) is 11.4 Å². The average molecular weight is 846 g/mol. The zero-order chi connectivity index (χ0) is 43.3. The lowest BCUT2D eigenvalue weighted by Gasteiger charge is -2.47. The Balaban J connectivity index is 0.948. The Bertz CT molecular complexity index is 3980. The summed E-state index contributed by atoms with van der Waals surface area (Å²) < 4.78 is 5.04. The Labute approximate surface area is 382 Å². The van der Waals surface area contributed by atoms with Crippen LogP contribution in [-0.2, 0) is 0 Å². The molecule has 312 valence electrons. The van der Waals surface area contributed by atoms with Gasteiger partial charge in [0.2, 0.25) is 0 Å². The van der Waals surface area contributed by atoms with Gasteiger partial charge in [-0.3, -0.25) is 4.90 Å². The van der Waals surface area contributed by atoms with E-state index in [1.165, 1.54) is 114 Å². The number of nitrogens with one attached hydrogen (secondary N) is 2. The van der Waals surface area contributed by atoms with Crippen molar-refractivity contribution in [2.45, 2.75) is 25.2 Å². The summed E-state index contributed by atoms with van der Waals surface area (Å²) in [5, 5.41) is 16.7. The Morgan fingerprint density at radius 1 is 0.409 bits per heavy atom. The highest BCUT2D eigenvalue weighted by Crippen LogP contribution is 2.45. The lowest BCUT2D eigenvalue weighted by atomic mass is 9.90. The number of benzene rings is 10. The molecule has 10 aromatic carbocycles. The molecule has 2 aliphatic rings. The molecule has 4 nitrogen and oxygen atoms in total. The first-order valence-electron chi connectivity index (χ1n) is 23.3. The Kier molecular flexibility index (Phi) is 8.36. The van der Waals surface area contributed by atoms with Crippen molar-refractivity contribution >= 4 is 81.5 Å². The van der Waals surface area contributed by atoms with Crippen LogP contribution in [0.2, 0.25) is 0 Å². The third-order valence-electron chi connectivity index (χ3n) is 14.6. The molecule has 1 saturated heterocycles. The Hall–Kier alpha value is -8.02. The van der Waals surface area contributed by atoms with Crippen molar-refractivity contribution in [1.29, 1.82) is 0 Å². The predicted molar refractivity (Wildman–Crippen MR) is 275 cm³/mol. The fourth-order valence-electron chi connectivity index (χ4n) is 11.7. The highest BCUT2D eigenvalue weighted by atomic mass is 15.5. The number of hydrogen-bond donors (Lipinski definition) is 2.